The van der Waals surface area contributed by atoms with Gasteiger partial charge in [0.25, 0.3) is 0 Å². The van der Waals surface area contributed by atoms with Crippen LogP contribution in [0, 0.1) is 17.2 Å². The molecule has 0 unspecified atom stereocenters. The molecular weight excluding hydrogens is 186 g/mol. The quantitative estimate of drug-likeness (QED) is 0.751. The third kappa shape index (κ3) is 2.99. The maximum atomic E-state index is 9.08. The molecule has 1 atom stereocenters. The van der Waals surface area contributed by atoms with Gasteiger partial charge in [-0.2, -0.15) is 5.26 Å². The summed E-state index contributed by atoms with van der Waals surface area (Å²) >= 11 is 0. The van der Waals surface area contributed by atoms with Gasteiger partial charge >= 0.3 is 0 Å². The van der Waals surface area contributed by atoms with E-state index in [1.165, 1.54) is 0 Å². The molecule has 0 heterocycles. The molecule has 0 amide bonds. The Balaban J connectivity index is 2.94. The first-order valence-corrected chi connectivity index (χ1v) is 5.31. The van der Waals surface area contributed by atoms with Crippen LogP contribution in [0.4, 0.5) is 0 Å². The van der Waals surface area contributed by atoms with Gasteiger partial charge in [-0.1, -0.05) is 26.0 Å². The van der Waals surface area contributed by atoms with Crippen molar-refractivity contribution in [1.82, 2.24) is 0 Å². The standard InChI is InChI=1S/C13H17NO/c1-4-15-12-7-5-6-11(8-12)13(9-14)10(2)3/h5-8,10,13H,4H2,1-3H3/t13-/m0/s1. The summed E-state index contributed by atoms with van der Waals surface area (Å²) in [5.41, 5.74) is 1.04. The Morgan fingerprint density at radius 1 is 1.40 bits per heavy atom. The normalized spacial score (nSPS) is 12.2. The number of hydrogen-bond donors (Lipinski definition) is 0. The van der Waals surface area contributed by atoms with Crippen LogP contribution in [-0.4, -0.2) is 6.61 Å². The highest BCUT2D eigenvalue weighted by Crippen LogP contribution is 2.26. The van der Waals surface area contributed by atoms with Gasteiger partial charge in [0.1, 0.15) is 5.75 Å². The lowest BCUT2D eigenvalue weighted by molar-refractivity contribution is 0.339. The van der Waals surface area contributed by atoms with Gasteiger partial charge in [-0.15, -0.1) is 0 Å². The fraction of sp³-hybridized carbons (Fsp3) is 0.462. The van der Waals surface area contributed by atoms with Crippen LogP contribution < -0.4 is 4.74 Å². The summed E-state index contributed by atoms with van der Waals surface area (Å²) in [6.07, 6.45) is 0. The van der Waals surface area contributed by atoms with E-state index in [1.54, 1.807) is 0 Å². The first-order chi connectivity index (χ1) is 7.19. The highest BCUT2D eigenvalue weighted by molar-refractivity contribution is 5.33. The predicted molar refractivity (Wildman–Crippen MR) is 60.8 cm³/mol. The van der Waals surface area contributed by atoms with Gasteiger partial charge in [-0.3, -0.25) is 0 Å². The highest BCUT2D eigenvalue weighted by Gasteiger charge is 2.15. The van der Waals surface area contributed by atoms with Crippen molar-refractivity contribution in [3.63, 3.8) is 0 Å². The molecule has 0 fully saturated rings. The molecule has 0 spiro atoms. The number of benzene rings is 1. The molecule has 0 radical (unpaired) electrons. The zero-order valence-electron chi connectivity index (χ0n) is 9.53. The molecule has 80 valence electrons. The topological polar surface area (TPSA) is 33.0 Å². The highest BCUT2D eigenvalue weighted by atomic mass is 16.5. The molecule has 0 saturated carbocycles. The van der Waals surface area contributed by atoms with Crippen molar-refractivity contribution in [3.05, 3.63) is 29.8 Å². The molecule has 2 nitrogen and oxygen atoms in total. The van der Waals surface area contributed by atoms with Crippen LogP contribution in [0.15, 0.2) is 24.3 Å². The summed E-state index contributed by atoms with van der Waals surface area (Å²) in [6, 6.07) is 10.1. The van der Waals surface area contributed by atoms with Crippen molar-refractivity contribution in [2.75, 3.05) is 6.61 Å². The van der Waals surface area contributed by atoms with E-state index in [2.05, 4.69) is 19.9 Å². The Hall–Kier alpha value is -1.49. The van der Waals surface area contributed by atoms with Gasteiger partial charge in [0, 0.05) is 0 Å². The molecule has 1 aromatic carbocycles. The Kier molecular flexibility index (Phi) is 4.17. The second kappa shape index (κ2) is 5.41. The first-order valence-electron chi connectivity index (χ1n) is 5.31. The second-order valence-corrected chi connectivity index (χ2v) is 3.86. The third-order valence-corrected chi connectivity index (χ3v) is 2.33. The average Bonchev–Trinajstić information content (AvgIpc) is 2.19. The number of rotatable bonds is 4. The molecule has 0 aliphatic carbocycles. The monoisotopic (exact) mass is 203 g/mol. The van der Waals surface area contributed by atoms with Crippen molar-refractivity contribution in [3.8, 4) is 11.8 Å². The molecule has 1 rings (SSSR count). The maximum absolute atomic E-state index is 9.08. The zero-order valence-corrected chi connectivity index (χ0v) is 9.53. The van der Waals surface area contributed by atoms with Crippen LogP contribution in [0.3, 0.4) is 0 Å². The smallest absolute Gasteiger partial charge is 0.119 e. The summed E-state index contributed by atoms with van der Waals surface area (Å²) in [4.78, 5) is 0. The zero-order chi connectivity index (χ0) is 11.3. The summed E-state index contributed by atoms with van der Waals surface area (Å²) in [5.74, 6) is 1.12. The van der Waals surface area contributed by atoms with Crippen LogP contribution in [0.5, 0.6) is 5.75 Å². The fourth-order valence-corrected chi connectivity index (χ4v) is 1.57. The Morgan fingerprint density at radius 2 is 2.13 bits per heavy atom. The second-order valence-electron chi connectivity index (χ2n) is 3.86. The Bertz CT molecular complexity index is 352. The van der Waals surface area contributed by atoms with Crippen LogP contribution in [-0.2, 0) is 0 Å². The number of nitriles is 1. The van der Waals surface area contributed by atoms with Crippen LogP contribution >= 0.6 is 0 Å². The molecule has 0 aromatic heterocycles. The molecule has 15 heavy (non-hydrogen) atoms. The maximum Gasteiger partial charge on any atom is 0.119 e. The van der Waals surface area contributed by atoms with Gasteiger partial charge in [-0.05, 0) is 30.5 Å². The fourth-order valence-electron chi connectivity index (χ4n) is 1.57. The molecule has 0 aliphatic heterocycles. The van der Waals surface area contributed by atoms with Crippen LogP contribution in [0.25, 0.3) is 0 Å². The van der Waals surface area contributed by atoms with Gasteiger partial charge in [0.05, 0.1) is 18.6 Å². The summed E-state index contributed by atoms with van der Waals surface area (Å²) in [6.45, 7) is 6.72. The van der Waals surface area contributed by atoms with Crippen molar-refractivity contribution in [1.29, 1.82) is 5.26 Å². The van der Waals surface area contributed by atoms with E-state index in [0.717, 1.165) is 11.3 Å². The van der Waals surface area contributed by atoms with Gasteiger partial charge in [0.2, 0.25) is 0 Å². The van der Waals surface area contributed by atoms with Crippen molar-refractivity contribution >= 4 is 0 Å². The number of nitrogens with zero attached hydrogens (tertiary/aromatic N) is 1. The predicted octanol–water partition coefficient (Wildman–Crippen LogP) is 3.35. The minimum atomic E-state index is -0.0505. The lowest BCUT2D eigenvalue weighted by atomic mass is 9.90. The van der Waals surface area contributed by atoms with E-state index in [9.17, 15) is 0 Å². The molecule has 1 aromatic rings. The summed E-state index contributed by atoms with van der Waals surface area (Å²) < 4.78 is 5.41. The molecule has 0 N–H and O–H groups in total. The minimum absolute atomic E-state index is 0.0505. The number of hydrogen-bond acceptors (Lipinski definition) is 2. The SMILES string of the molecule is CCOc1cccc([C@@H](C#N)C(C)C)c1. The van der Waals surface area contributed by atoms with Gasteiger partial charge < -0.3 is 4.74 Å². The van der Waals surface area contributed by atoms with Crippen LogP contribution in [0.1, 0.15) is 32.3 Å². The van der Waals surface area contributed by atoms with E-state index >= 15 is 0 Å². The van der Waals surface area contributed by atoms with Crippen LogP contribution in [0.2, 0.25) is 0 Å². The Morgan fingerprint density at radius 3 is 2.67 bits per heavy atom. The van der Waals surface area contributed by atoms with Crippen molar-refractivity contribution < 1.29 is 4.74 Å². The van der Waals surface area contributed by atoms with E-state index in [1.807, 2.05) is 31.2 Å². The molecular formula is C13H17NO. The lowest BCUT2D eigenvalue weighted by Gasteiger charge is -2.14. The van der Waals surface area contributed by atoms with E-state index in [-0.39, 0.29) is 5.92 Å². The largest absolute Gasteiger partial charge is 0.494 e. The Labute approximate surface area is 91.5 Å². The molecule has 0 aliphatic rings. The average molecular weight is 203 g/mol. The molecule has 0 saturated heterocycles. The summed E-state index contributed by atoms with van der Waals surface area (Å²) in [7, 11) is 0. The van der Waals surface area contributed by atoms with E-state index < -0.39 is 0 Å². The summed E-state index contributed by atoms with van der Waals surface area (Å²) in [5, 5.41) is 9.08. The third-order valence-electron chi connectivity index (χ3n) is 2.33. The molecule has 0 bridgehead atoms. The van der Waals surface area contributed by atoms with E-state index in [4.69, 9.17) is 10.00 Å². The van der Waals surface area contributed by atoms with Crippen molar-refractivity contribution in [2.24, 2.45) is 5.92 Å². The van der Waals surface area contributed by atoms with Crippen molar-refractivity contribution in [2.45, 2.75) is 26.7 Å². The van der Waals surface area contributed by atoms with E-state index in [0.29, 0.717) is 12.5 Å². The van der Waals surface area contributed by atoms with Gasteiger partial charge in [-0.25, -0.2) is 0 Å². The minimum Gasteiger partial charge on any atom is -0.494 e. The number of ether oxygens (including phenoxy) is 1. The van der Waals surface area contributed by atoms with Gasteiger partial charge in [0.15, 0.2) is 0 Å². The molecule has 2 heteroatoms. The lowest BCUT2D eigenvalue weighted by Crippen LogP contribution is -2.04. The first kappa shape index (κ1) is 11.6.